The molecule has 0 fully saturated rings. The lowest BCUT2D eigenvalue weighted by atomic mass is 10.0. The Kier molecular flexibility index (Phi) is 3.70. The summed E-state index contributed by atoms with van der Waals surface area (Å²) in [6.45, 7) is 3.61. The molecule has 1 aromatic carbocycles. The highest BCUT2D eigenvalue weighted by atomic mass is 32.2. The molecule has 2 aromatic rings. The van der Waals surface area contributed by atoms with Gasteiger partial charge in [-0.25, -0.2) is 8.42 Å². The minimum Gasteiger partial charge on any atom is -0.377 e. The number of ether oxygens (including phenoxy) is 1. The first-order chi connectivity index (χ1) is 10.5. The second-order valence-electron chi connectivity index (χ2n) is 5.30. The standard InChI is InChI=1S/C15H18N2O4S/c1-10-15(11(2)21-16-10)22(18,19)17-9-8-14(20-3)12-6-4-5-7-13(12)17/h4-7,14H,8-9H2,1-3H3. The molecule has 0 saturated heterocycles. The second-order valence-corrected chi connectivity index (χ2v) is 7.10. The maximum Gasteiger partial charge on any atom is 0.269 e. The molecule has 0 saturated carbocycles. The van der Waals surface area contributed by atoms with E-state index >= 15 is 0 Å². The smallest absolute Gasteiger partial charge is 0.269 e. The molecule has 0 amide bonds. The van der Waals surface area contributed by atoms with E-state index in [9.17, 15) is 8.42 Å². The van der Waals surface area contributed by atoms with E-state index < -0.39 is 10.0 Å². The van der Waals surface area contributed by atoms with Gasteiger partial charge >= 0.3 is 0 Å². The van der Waals surface area contributed by atoms with E-state index in [-0.39, 0.29) is 11.0 Å². The molecule has 2 heterocycles. The number of para-hydroxylation sites is 1. The van der Waals surface area contributed by atoms with E-state index in [2.05, 4.69) is 5.16 Å². The summed E-state index contributed by atoms with van der Waals surface area (Å²) in [5, 5.41) is 3.76. The monoisotopic (exact) mass is 322 g/mol. The largest absolute Gasteiger partial charge is 0.377 e. The molecule has 7 heteroatoms. The number of hydrogen-bond acceptors (Lipinski definition) is 5. The van der Waals surface area contributed by atoms with Gasteiger partial charge in [0.1, 0.15) is 5.69 Å². The van der Waals surface area contributed by atoms with Crippen molar-refractivity contribution < 1.29 is 17.7 Å². The molecule has 0 spiro atoms. The van der Waals surface area contributed by atoms with Crippen LogP contribution >= 0.6 is 0 Å². The molecule has 22 heavy (non-hydrogen) atoms. The predicted octanol–water partition coefficient (Wildman–Crippen LogP) is 2.58. The first-order valence-corrected chi connectivity index (χ1v) is 8.48. The molecule has 118 valence electrons. The number of nitrogens with zero attached hydrogens (tertiary/aromatic N) is 2. The molecule has 1 atom stereocenters. The minimum atomic E-state index is -3.70. The predicted molar refractivity (Wildman–Crippen MR) is 81.3 cm³/mol. The lowest BCUT2D eigenvalue weighted by Gasteiger charge is -2.34. The first kappa shape index (κ1) is 15.1. The molecule has 1 aliphatic heterocycles. The molecule has 0 aliphatic carbocycles. The van der Waals surface area contributed by atoms with Crippen LogP contribution in [0.4, 0.5) is 5.69 Å². The topological polar surface area (TPSA) is 72.6 Å². The van der Waals surface area contributed by atoms with E-state index in [1.165, 1.54) is 4.31 Å². The zero-order valence-electron chi connectivity index (χ0n) is 12.7. The third-order valence-electron chi connectivity index (χ3n) is 3.95. The quantitative estimate of drug-likeness (QED) is 0.868. The second kappa shape index (κ2) is 5.40. The number of hydrogen-bond donors (Lipinski definition) is 0. The van der Waals surface area contributed by atoms with Gasteiger partial charge in [-0.3, -0.25) is 4.31 Å². The lowest BCUT2D eigenvalue weighted by Crippen LogP contribution is -2.37. The average molecular weight is 322 g/mol. The van der Waals surface area contributed by atoms with Crippen LogP contribution in [0.15, 0.2) is 33.7 Å². The number of benzene rings is 1. The van der Waals surface area contributed by atoms with Crippen LogP contribution in [-0.2, 0) is 14.8 Å². The van der Waals surface area contributed by atoms with E-state index in [1.54, 1.807) is 27.0 Å². The number of rotatable bonds is 3. The molecule has 0 radical (unpaired) electrons. The third kappa shape index (κ3) is 2.21. The number of fused-ring (bicyclic) bond motifs is 1. The summed E-state index contributed by atoms with van der Waals surface area (Å²) >= 11 is 0. The van der Waals surface area contributed by atoms with Crippen molar-refractivity contribution in [1.82, 2.24) is 5.16 Å². The fraction of sp³-hybridized carbons (Fsp3) is 0.400. The van der Waals surface area contributed by atoms with Crippen LogP contribution in [0.25, 0.3) is 0 Å². The van der Waals surface area contributed by atoms with Crippen molar-refractivity contribution in [1.29, 1.82) is 0 Å². The number of aryl methyl sites for hydroxylation is 2. The highest BCUT2D eigenvalue weighted by Crippen LogP contribution is 2.39. The van der Waals surface area contributed by atoms with Gasteiger partial charge in [0.05, 0.1) is 11.8 Å². The van der Waals surface area contributed by atoms with Crippen molar-refractivity contribution >= 4 is 15.7 Å². The molecule has 0 N–H and O–H groups in total. The Balaban J connectivity index is 2.13. The van der Waals surface area contributed by atoms with Gasteiger partial charge in [0.15, 0.2) is 10.7 Å². The molecular formula is C15H18N2O4S. The summed E-state index contributed by atoms with van der Waals surface area (Å²) < 4.78 is 38.0. The molecule has 3 rings (SSSR count). The lowest BCUT2D eigenvalue weighted by molar-refractivity contribution is 0.0951. The van der Waals surface area contributed by atoms with Crippen molar-refractivity contribution in [2.45, 2.75) is 31.3 Å². The van der Waals surface area contributed by atoms with Crippen LogP contribution in [-0.4, -0.2) is 27.2 Å². The van der Waals surface area contributed by atoms with Crippen LogP contribution in [0.3, 0.4) is 0 Å². The third-order valence-corrected chi connectivity index (χ3v) is 6.01. The van der Waals surface area contributed by atoms with E-state index in [1.807, 2.05) is 18.2 Å². The SMILES string of the molecule is COC1CCN(S(=O)(=O)c2c(C)noc2C)c2ccccc21. The van der Waals surface area contributed by atoms with E-state index in [0.29, 0.717) is 30.1 Å². The van der Waals surface area contributed by atoms with Crippen molar-refractivity contribution in [2.75, 3.05) is 18.0 Å². The summed E-state index contributed by atoms with van der Waals surface area (Å²) in [6.07, 6.45) is 0.517. The van der Waals surface area contributed by atoms with Gasteiger partial charge in [-0.1, -0.05) is 23.4 Å². The van der Waals surface area contributed by atoms with Crippen molar-refractivity contribution in [3.05, 3.63) is 41.3 Å². The average Bonchev–Trinajstić information content (AvgIpc) is 2.85. The maximum atomic E-state index is 13.0. The Labute approximate surface area is 129 Å². The van der Waals surface area contributed by atoms with Gasteiger partial charge in [-0.15, -0.1) is 0 Å². The van der Waals surface area contributed by atoms with Gasteiger partial charge in [0.2, 0.25) is 0 Å². The van der Waals surface area contributed by atoms with Crippen LogP contribution in [0.1, 0.15) is 29.5 Å². The fourth-order valence-electron chi connectivity index (χ4n) is 2.94. The van der Waals surface area contributed by atoms with Gasteiger partial charge in [0, 0.05) is 19.2 Å². The van der Waals surface area contributed by atoms with Crippen LogP contribution < -0.4 is 4.31 Å². The maximum absolute atomic E-state index is 13.0. The first-order valence-electron chi connectivity index (χ1n) is 7.04. The van der Waals surface area contributed by atoms with Gasteiger partial charge in [0.25, 0.3) is 10.0 Å². The zero-order valence-corrected chi connectivity index (χ0v) is 13.6. The fourth-order valence-corrected chi connectivity index (χ4v) is 4.75. The number of methoxy groups -OCH3 is 1. The van der Waals surface area contributed by atoms with Crippen molar-refractivity contribution in [2.24, 2.45) is 0 Å². The van der Waals surface area contributed by atoms with Gasteiger partial charge < -0.3 is 9.26 Å². The Morgan fingerprint density at radius 2 is 2.05 bits per heavy atom. The Morgan fingerprint density at radius 3 is 2.68 bits per heavy atom. The Bertz CT molecular complexity index is 778. The number of aromatic nitrogens is 1. The van der Waals surface area contributed by atoms with Gasteiger partial charge in [-0.05, 0) is 26.3 Å². The van der Waals surface area contributed by atoms with Crippen LogP contribution in [0.2, 0.25) is 0 Å². The summed E-state index contributed by atoms with van der Waals surface area (Å²) in [7, 11) is -2.06. The Morgan fingerprint density at radius 1 is 1.32 bits per heavy atom. The highest BCUT2D eigenvalue weighted by Gasteiger charge is 2.36. The van der Waals surface area contributed by atoms with Crippen LogP contribution in [0.5, 0.6) is 0 Å². The molecule has 1 aliphatic rings. The normalized spacial score (nSPS) is 18.3. The van der Waals surface area contributed by atoms with Crippen molar-refractivity contribution in [3.8, 4) is 0 Å². The number of anilines is 1. The summed E-state index contributed by atoms with van der Waals surface area (Å²) in [5.74, 6) is 0.309. The Hall–Kier alpha value is -1.86. The van der Waals surface area contributed by atoms with Crippen molar-refractivity contribution in [3.63, 3.8) is 0 Å². The summed E-state index contributed by atoms with van der Waals surface area (Å²) in [6, 6.07) is 7.42. The van der Waals surface area contributed by atoms with E-state index in [0.717, 1.165) is 5.56 Å². The minimum absolute atomic E-state index is 0.0904. The highest BCUT2D eigenvalue weighted by molar-refractivity contribution is 7.93. The molecule has 0 bridgehead atoms. The number of sulfonamides is 1. The van der Waals surface area contributed by atoms with Gasteiger partial charge in [-0.2, -0.15) is 0 Å². The molecule has 6 nitrogen and oxygen atoms in total. The molecular weight excluding hydrogens is 304 g/mol. The zero-order chi connectivity index (χ0) is 15.9. The van der Waals surface area contributed by atoms with Crippen LogP contribution in [0, 0.1) is 13.8 Å². The summed E-state index contributed by atoms with van der Waals surface area (Å²) in [4.78, 5) is 0.151. The van der Waals surface area contributed by atoms with E-state index in [4.69, 9.17) is 9.26 Å². The molecule has 1 aromatic heterocycles. The molecule has 1 unspecified atom stereocenters. The summed E-state index contributed by atoms with van der Waals surface area (Å²) in [5.41, 5.74) is 1.91.